The molecule has 0 aromatic heterocycles. The van der Waals surface area contributed by atoms with E-state index in [1.54, 1.807) is 0 Å². The molecule has 2 bridgehead atoms. The smallest absolute Gasteiger partial charge is 0.394 e. The normalized spacial score (nSPS) is 39.0. The summed E-state index contributed by atoms with van der Waals surface area (Å²) in [4.78, 5) is 0. The minimum atomic E-state index is -3.78. The van der Waals surface area contributed by atoms with Crippen molar-refractivity contribution in [2.45, 2.75) is 31.7 Å². The lowest BCUT2D eigenvalue weighted by Crippen LogP contribution is -2.57. The molecular formula is C10H19O9P. The van der Waals surface area contributed by atoms with Crippen LogP contribution in [0.25, 0.3) is 0 Å². The first kappa shape index (κ1) is 16.3. The van der Waals surface area contributed by atoms with E-state index in [1.165, 1.54) is 0 Å². The molecule has 3 fully saturated rings. The summed E-state index contributed by atoms with van der Waals surface area (Å²) in [5, 5.41) is 18.7. The maximum absolute atomic E-state index is 11.6. The Morgan fingerprint density at radius 2 is 1.85 bits per heavy atom. The number of rotatable bonds is 10. The van der Waals surface area contributed by atoms with Crippen molar-refractivity contribution in [1.82, 2.24) is 0 Å². The Hall–Kier alpha value is -0.0900. The Kier molecular flexibility index (Phi) is 5.17. The maximum Gasteiger partial charge on any atom is 0.488 e. The first-order valence-corrected chi connectivity index (χ1v) is 7.86. The Morgan fingerprint density at radius 1 is 1.10 bits per heavy atom. The fourth-order valence-electron chi connectivity index (χ4n) is 1.68. The highest BCUT2D eigenvalue weighted by Crippen LogP contribution is 2.77. The van der Waals surface area contributed by atoms with Gasteiger partial charge in [-0.05, 0) is 6.42 Å². The third-order valence-electron chi connectivity index (χ3n) is 2.64. The monoisotopic (exact) mass is 314 g/mol. The largest absolute Gasteiger partial charge is 0.488 e. The van der Waals surface area contributed by atoms with Crippen LogP contribution in [0.5, 0.6) is 0 Å². The van der Waals surface area contributed by atoms with E-state index in [9.17, 15) is 9.67 Å². The summed E-state index contributed by atoms with van der Waals surface area (Å²) in [5.74, 6) is -4.40. The number of hydrogen-bond donors (Lipinski definition) is 2. The van der Waals surface area contributed by atoms with Gasteiger partial charge in [-0.1, -0.05) is 13.3 Å². The number of phosphoric acid groups is 1. The molecule has 0 amide bonds. The van der Waals surface area contributed by atoms with Crippen LogP contribution < -0.4 is 0 Å². The standard InChI is InChI=1S/C10H19O9P/c1-2-3-5-15-9(12)10(16-8-7-14-6-4-11)18-20(13,17-9)19-10/h11-12H,2-8H2,1H3. The highest BCUT2D eigenvalue weighted by atomic mass is 31.2. The average Bonchev–Trinajstić information content (AvgIpc) is 2.70. The van der Waals surface area contributed by atoms with Gasteiger partial charge in [0, 0.05) is 0 Å². The van der Waals surface area contributed by atoms with Crippen LogP contribution in [-0.2, 0) is 32.3 Å². The van der Waals surface area contributed by atoms with Gasteiger partial charge >= 0.3 is 19.8 Å². The van der Waals surface area contributed by atoms with Gasteiger partial charge in [-0.2, -0.15) is 0 Å². The summed E-state index contributed by atoms with van der Waals surface area (Å²) in [6.45, 7) is 2.27. The van der Waals surface area contributed by atoms with Crippen LogP contribution in [0.2, 0.25) is 0 Å². The number of fused-ring (bicyclic) bond motifs is 1. The summed E-state index contributed by atoms with van der Waals surface area (Å²) in [6.07, 6.45) is 1.52. The lowest BCUT2D eigenvalue weighted by molar-refractivity contribution is -0.478. The number of unbranched alkanes of at least 4 members (excludes halogenated alkanes) is 1. The summed E-state index contributed by atoms with van der Waals surface area (Å²) >= 11 is 0. The molecule has 1 unspecified atom stereocenters. The van der Waals surface area contributed by atoms with Crippen molar-refractivity contribution in [3.63, 3.8) is 0 Å². The predicted molar refractivity (Wildman–Crippen MR) is 63.3 cm³/mol. The SMILES string of the molecule is CCCCOC1(O)OP2(=O)OC1(OCCOCCO)O2. The van der Waals surface area contributed by atoms with Gasteiger partial charge in [0.05, 0.1) is 33.0 Å². The highest BCUT2D eigenvalue weighted by Gasteiger charge is 2.83. The van der Waals surface area contributed by atoms with E-state index >= 15 is 0 Å². The third kappa shape index (κ3) is 3.06. The van der Waals surface area contributed by atoms with Gasteiger partial charge in [0.15, 0.2) is 0 Å². The zero-order valence-corrected chi connectivity index (χ0v) is 12.0. The molecule has 0 aromatic carbocycles. The van der Waals surface area contributed by atoms with Gasteiger partial charge in [0.1, 0.15) is 0 Å². The fourth-order valence-corrected chi connectivity index (χ4v) is 3.16. The van der Waals surface area contributed by atoms with Crippen molar-refractivity contribution < 1.29 is 42.6 Å². The van der Waals surface area contributed by atoms with Gasteiger partial charge in [0.2, 0.25) is 0 Å². The molecule has 3 heterocycles. The van der Waals surface area contributed by atoms with Crippen LogP contribution in [0.3, 0.4) is 0 Å². The second-order valence-corrected chi connectivity index (χ2v) is 5.69. The second kappa shape index (κ2) is 6.35. The van der Waals surface area contributed by atoms with Gasteiger partial charge in [-0.25, -0.2) is 18.1 Å². The molecule has 0 spiro atoms. The number of hydrogen-bond acceptors (Lipinski definition) is 9. The molecule has 3 aliphatic heterocycles. The van der Waals surface area contributed by atoms with E-state index in [-0.39, 0.29) is 33.0 Å². The summed E-state index contributed by atoms with van der Waals surface area (Å²) < 4.78 is 41.5. The van der Waals surface area contributed by atoms with Crippen LogP contribution in [0, 0.1) is 0 Å². The Balaban J connectivity index is 1.86. The van der Waals surface area contributed by atoms with Gasteiger partial charge in [-0.3, -0.25) is 0 Å². The topological polar surface area (TPSA) is 113 Å². The van der Waals surface area contributed by atoms with Crippen LogP contribution in [-0.4, -0.2) is 55.2 Å². The zero-order valence-electron chi connectivity index (χ0n) is 11.1. The van der Waals surface area contributed by atoms with Gasteiger partial charge in [0.25, 0.3) is 0 Å². The summed E-state index contributed by atoms with van der Waals surface area (Å²) in [5.41, 5.74) is 0. The van der Waals surface area contributed by atoms with Crippen molar-refractivity contribution in [3.05, 3.63) is 0 Å². The van der Waals surface area contributed by atoms with Crippen molar-refractivity contribution in [2.24, 2.45) is 0 Å². The Labute approximate surface area is 116 Å². The zero-order chi connectivity index (χ0) is 14.7. The van der Waals surface area contributed by atoms with Crippen LogP contribution in [0.4, 0.5) is 0 Å². The van der Waals surface area contributed by atoms with Crippen LogP contribution in [0.15, 0.2) is 0 Å². The van der Waals surface area contributed by atoms with E-state index < -0.39 is 19.8 Å². The number of ether oxygens (including phenoxy) is 3. The van der Waals surface area contributed by atoms with E-state index in [1.807, 2.05) is 6.92 Å². The lowest BCUT2D eigenvalue weighted by atomic mass is 10.3. The molecule has 20 heavy (non-hydrogen) atoms. The van der Waals surface area contributed by atoms with Crippen molar-refractivity contribution in [2.75, 3.05) is 33.0 Å². The maximum atomic E-state index is 11.6. The molecule has 0 aromatic rings. The molecule has 3 saturated heterocycles. The molecular weight excluding hydrogens is 295 g/mol. The first-order valence-electron chi connectivity index (χ1n) is 6.40. The molecule has 118 valence electrons. The first-order chi connectivity index (χ1) is 9.49. The molecule has 0 aliphatic carbocycles. The fraction of sp³-hybridized carbons (Fsp3) is 1.00. The molecule has 9 nitrogen and oxygen atoms in total. The van der Waals surface area contributed by atoms with E-state index in [0.717, 1.165) is 6.42 Å². The number of phosphoric ester groups is 1. The minimum absolute atomic E-state index is 0.0250. The van der Waals surface area contributed by atoms with Crippen molar-refractivity contribution in [3.8, 4) is 0 Å². The number of aliphatic hydroxyl groups is 2. The molecule has 2 N–H and O–H groups in total. The van der Waals surface area contributed by atoms with Gasteiger partial charge < -0.3 is 24.4 Å². The summed E-state index contributed by atoms with van der Waals surface area (Å²) in [7, 11) is -3.78. The third-order valence-corrected chi connectivity index (χ3v) is 4.04. The van der Waals surface area contributed by atoms with E-state index in [2.05, 4.69) is 0 Å². The van der Waals surface area contributed by atoms with Gasteiger partial charge in [-0.15, -0.1) is 0 Å². The van der Waals surface area contributed by atoms with Crippen LogP contribution in [0.1, 0.15) is 19.8 Å². The Bertz CT molecular complexity index is 366. The Morgan fingerprint density at radius 3 is 2.50 bits per heavy atom. The second-order valence-electron chi connectivity index (χ2n) is 4.25. The quantitative estimate of drug-likeness (QED) is 0.334. The van der Waals surface area contributed by atoms with E-state index in [4.69, 9.17) is 32.9 Å². The highest BCUT2D eigenvalue weighted by molar-refractivity contribution is 7.50. The van der Waals surface area contributed by atoms with Crippen molar-refractivity contribution >= 4 is 7.82 Å². The molecule has 3 rings (SSSR count). The molecule has 0 saturated carbocycles. The lowest BCUT2D eigenvalue weighted by Gasteiger charge is -2.36. The predicted octanol–water partition coefficient (Wildman–Crippen LogP) is 0.314. The van der Waals surface area contributed by atoms with E-state index in [0.29, 0.717) is 6.42 Å². The molecule has 1 atom stereocenters. The molecule has 3 aliphatic rings. The molecule has 0 radical (unpaired) electrons. The average molecular weight is 314 g/mol. The van der Waals surface area contributed by atoms with Crippen LogP contribution >= 0.6 is 7.82 Å². The van der Waals surface area contributed by atoms with Crippen molar-refractivity contribution in [1.29, 1.82) is 0 Å². The molecule has 10 heteroatoms. The number of aliphatic hydroxyl groups excluding tert-OH is 1. The summed E-state index contributed by atoms with van der Waals surface area (Å²) in [6, 6.07) is 0. The minimum Gasteiger partial charge on any atom is -0.394 e.